The van der Waals surface area contributed by atoms with Gasteiger partial charge in [0.15, 0.2) is 0 Å². The highest BCUT2D eigenvalue weighted by Gasteiger charge is 2.08. The normalized spacial score (nSPS) is 9.81. The predicted molar refractivity (Wildman–Crippen MR) is 58.5 cm³/mol. The summed E-state index contributed by atoms with van der Waals surface area (Å²) < 4.78 is 0. The van der Waals surface area contributed by atoms with Crippen molar-refractivity contribution in [2.24, 2.45) is 0 Å². The molecule has 8 heteroatoms. The number of halogens is 1. The second-order valence-corrected chi connectivity index (χ2v) is 3.19. The fraction of sp³-hybridized carbons (Fsp3) is 0.250. The van der Waals surface area contributed by atoms with Gasteiger partial charge in [-0.15, -0.1) is 0 Å². The van der Waals surface area contributed by atoms with Gasteiger partial charge in [-0.1, -0.05) is 0 Å². The van der Waals surface area contributed by atoms with Crippen molar-refractivity contribution in [1.29, 1.82) is 5.41 Å². The van der Waals surface area contributed by atoms with E-state index in [0.717, 1.165) is 6.21 Å². The molecule has 4 N–H and O–H groups in total. The predicted octanol–water partition coefficient (Wildman–Crippen LogP) is 0.308. The van der Waals surface area contributed by atoms with E-state index in [4.69, 9.17) is 22.1 Å². The van der Waals surface area contributed by atoms with Crippen LogP contribution in [0.2, 0.25) is 5.28 Å². The van der Waals surface area contributed by atoms with E-state index in [0.29, 0.717) is 0 Å². The van der Waals surface area contributed by atoms with Crippen molar-refractivity contribution in [2.45, 2.75) is 6.42 Å². The van der Waals surface area contributed by atoms with E-state index >= 15 is 0 Å². The van der Waals surface area contributed by atoms with Crippen molar-refractivity contribution < 1.29 is 9.90 Å². The number of carboxylic acid groups (broad SMARTS) is 1. The van der Waals surface area contributed by atoms with Gasteiger partial charge in [0.1, 0.15) is 11.4 Å². The maximum Gasteiger partial charge on any atom is 0.305 e. The SMILES string of the molecule is N=Cc1nc(Cl)[nH]c(=O)c1NCCC(=O)O. The summed E-state index contributed by atoms with van der Waals surface area (Å²) in [6, 6.07) is 0. The zero-order chi connectivity index (χ0) is 12.1. The smallest absolute Gasteiger partial charge is 0.305 e. The number of nitrogens with zero attached hydrogens (tertiary/aromatic N) is 1. The maximum absolute atomic E-state index is 11.4. The molecule has 0 aromatic carbocycles. The van der Waals surface area contributed by atoms with E-state index in [9.17, 15) is 9.59 Å². The molecule has 0 radical (unpaired) electrons. The van der Waals surface area contributed by atoms with E-state index in [1.807, 2.05) is 0 Å². The molecule has 1 aromatic rings. The average Bonchev–Trinajstić information content (AvgIpc) is 2.20. The van der Waals surface area contributed by atoms with Crippen LogP contribution in [0.5, 0.6) is 0 Å². The molecule has 0 bridgehead atoms. The van der Waals surface area contributed by atoms with Crippen LogP contribution in [0.1, 0.15) is 12.1 Å². The number of aromatic amines is 1. The lowest BCUT2D eigenvalue weighted by atomic mass is 10.3. The third-order valence-electron chi connectivity index (χ3n) is 1.70. The molecule has 86 valence electrons. The Kier molecular flexibility index (Phi) is 4.01. The van der Waals surface area contributed by atoms with Gasteiger partial charge in [-0.25, -0.2) is 4.98 Å². The molecule has 0 aliphatic carbocycles. The first-order valence-corrected chi connectivity index (χ1v) is 4.68. The number of aromatic nitrogens is 2. The second kappa shape index (κ2) is 5.26. The number of carboxylic acids is 1. The minimum absolute atomic E-state index is 0.0423. The van der Waals surface area contributed by atoms with Crippen LogP contribution in [0.25, 0.3) is 0 Å². The number of H-pyrrole nitrogens is 1. The molecule has 1 aromatic heterocycles. The summed E-state index contributed by atoms with van der Waals surface area (Å²) in [6.07, 6.45) is 0.726. The van der Waals surface area contributed by atoms with Crippen LogP contribution < -0.4 is 10.9 Å². The summed E-state index contributed by atoms with van der Waals surface area (Å²) >= 11 is 5.49. The molecule has 0 unspecified atom stereocenters. The maximum atomic E-state index is 11.4. The van der Waals surface area contributed by atoms with Crippen LogP contribution in [0, 0.1) is 5.41 Å². The van der Waals surface area contributed by atoms with Crippen LogP contribution >= 0.6 is 11.6 Å². The van der Waals surface area contributed by atoms with Gasteiger partial charge in [0.25, 0.3) is 5.56 Å². The first-order chi connectivity index (χ1) is 7.54. The fourth-order valence-corrected chi connectivity index (χ4v) is 1.21. The van der Waals surface area contributed by atoms with Crippen molar-refractivity contribution in [3.05, 3.63) is 21.3 Å². The standard InChI is InChI=1S/C8H9ClN4O3/c9-8-12-4(3-10)6(7(16)13-8)11-2-1-5(14)15/h3,10-11H,1-2H2,(H,14,15)(H,12,13,16). The molecule has 0 spiro atoms. The quantitative estimate of drug-likeness (QED) is 0.439. The van der Waals surface area contributed by atoms with E-state index in [2.05, 4.69) is 15.3 Å². The Hall–Kier alpha value is -1.89. The lowest BCUT2D eigenvalue weighted by Gasteiger charge is -2.06. The molecular formula is C8H9ClN4O3. The molecule has 1 rings (SSSR count). The van der Waals surface area contributed by atoms with Gasteiger partial charge in [-0.3, -0.25) is 14.6 Å². The third-order valence-corrected chi connectivity index (χ3v) is 1.87. The number of rotatable bonds is 5. The van der Waals surface area contributed by atoms with Gasteiger partial charge in [0.2, 0.25) is 5.28 Å². The first-order valence-electron chi connectivity index (χ1n) is 4.30. The number of anilines is 1. The third kappa shape index (κ3) is 3.06. The molecule has 0 aliphatic rings. The molecule has 0 atom stereocenters. The zero-order valence-corrected chi connectivity index (χ0v) is 8.84. The summed E-state index contributed by atoms with van der Waals surface area (Å²) in [6.45, 7) is 0.0720. The molecule has 0 aliphatic heterocycles. The average molecular weight is 245 g/mol. The van der Waals surface area contributed by atoms with Crippen LogP contribution in [-0.4, -0.2) is 33.8 Å². The highest BCUT2D eigenvalue weighted by atomic mass is 35.5. The minimum atomic E-state index is -0.984. The summed E-state index contributed by atoms with van der Waals surface area (Å²) in [5.74, 6) is -0.984. The van der Waals surface area contributed by atoms with Crippen LogP contribution in [0.4, 0.5) is 5.69 Å². The molecule has 0 fully saturated rings. The van der Waals surface area contributed by atoms with E-state index < -0.39 is 11.5 Å². The summed E-state index contributed by atoms with van der Waals surface area (Å²) in [5, 5.41) is 17.9. The molecule has 1 heterocycles. The van der Waals surface area contributed by atoms with Crippen LogP contribution in [-0.2, 0) is 4.79 Å². The summed E-state index contributed by atoms with van der Waals surface area (Å²) in [4.78, 5) is 27.6. The van der Waals surface area contributed by atoms with E-state index in [-0.39, 0.29) is 29.6 Å². The Balaban J connectivity index is 2.90. The first kappa shape index (κ1) is 12.2. The molecule has 0 saturated carbocycles. The van der Waals surface area contributed by atoms with Gasteiger partial charge in [0, 0.05) is 12.8 Å². The highest BCUT2D eigenvalue weighted by Crippen LogP contribution is 2.06. The Morgan fingerprint density at radius 2 is 2.38 bits per heavy atom. The Labute approximate surface area is 95.0 Å². The number of hydrogen-bond donors (Lipinski definition) is 4. The second-order valence-electron chi connectivity index (χ2n) is 2.83. The largest absolute Gasteiger partial charge is 0.481 e. The van der Waals surface area contributed by atoms with Crippen LogP contribution in [0.15, 0.2) is 4.79 Å². The van der Waals surface area contributed by atoms with E-state index in [1.54, 1.807) is 0 Å². The highest BCUT2D eigenvalue weighted by molar-refractivity contribution is 6.28. The molecule has 0 amide bonds. The monoisotopic (exact) mass is 244 g/mol. The fourth-order valence-electron chi connectivity index (χ4n) is 1.03. The molecular weight excluding hydrogens is 236 g/mol. The van der Waals surface area contributed by atoms with Crippen LogP contribution in [0.3, 0.4) is 0 Å². The lowest BCUT2D eigenvalue weighted by molar-refractivity contribution is -0.136. The summed E-state index contributed by atoms with van der Waals surface area (Å²) in [5.41, 5.74) is -0.427. The topological polar surface area (TPSA) is 119 Å². The molecule has 7 nitrogen and oxygen atoms in total. The number of nitrogens with one attached hydrogen (secondary N) is 3. The van der Waals surface area contributed by atoms with Gasteiger partial charge >= 0.3 is 5.97 Å². The summed E-state index contributed by atoms with van der Waals surface area (Å²) in [7, 11) is 0. The van der Waals surface area contributed by atoms with Gasteiger partial charge < -0.3 is 15.8 Å². The molecule has 0 saturated heterocycles. The van der Waals surface area contributed by atoms with Crippen molar-refractivity contribution in [3.8, 4) is 0 Å². The Morgan fingerprint density at radius 3 is 2.94 bits per heavy atom. The number of hydrogen-bond acceptors (Lipinski definition) is 5. The Bertz CT molecular complexity index is 471. The number of aliphatic carboxylic acids is 1. The van der Waals surface area contributed by atoms with E-state index in [1.165, 1.54) is 0 Å². The Morgan fingerprint density at radius 1 is 1.69 bits per heavy atom. The van der Waals surface area contributed by atoms with Crippen molar-refractivity contribution in [1.82, 2.24) is 9.97 Å². The van der Waals surface area contributed by atoms with Crippen molar-refractivity contribution >= 4 is 29.5 Å². The van der Waals surface area contributed by atoms with Crippen molar-refractivity contribution in [2.75, 3.05) is 11.9 Å². The van der Waals surface area contributed by atoms with Gasteiger partial charge in [-0.05, 0) is 11.6 Å². The minimum Gasteiger partial charge on any atom is -0.481 e. The van der Waals surface area contributed by atoms with Gasteiger partial charge in [-0.2, -0.15) is 0 Å². The van der Waals surface area contributed by atoms with Gasteiger partial charge in [0.05, 0.1) is 6.42 Å². The lowest BCUT2D eigenvalue weighted by Crippen LogP contribution is -2.20. The zero-order valence-electron chi connectivity index (χ0n) is 8.08. The number of carbonyl (C=O) groups is 1. The van der Waals surface area contributed by atoms with Crippen molar-refractivity contribution in [3.63, 3.8) is 0 Å². The molecule has 16 heavy (non-hydrogen) atoms.